The number of aromatic nitrogens is 4. The second kappa shape index (κ2) is 5.07. The largest absolute Gasteiger partial charge is 0.313 e. The predicted octanol–water partition coefficient (Wildman–Crippen LogP) is -1.07. The molecule has 96 valence electrons. The van der Waals surface area contributed by atoms with Crippen LogP contribution in [0.2, 0.25) is 0 Å². The summed E-state index contributed by atoms with van der Waals surface area (Å²) in [7, 11) is -3.32. The second-order valence-electron chi connectivity index (χ2n) is 4.18. The van der Waals surface area contributed by atoms with Crippen LogP contribution >= 0.6 is 0 Å². The summed E-state index contributed by atoms with van der Waals surface area (Å²) >= 11 is 0. The quantitative estimate of drug-likeness (QED) is 0.621. The Bertz CT molecular complexity index is 439. The average molecular weight is 260 g/mol. The molecule has 0 aliphatic carbocycles. The van der Waals surface area contributed by atoms with E-state index in [0.29, 0.717) is 5.82 Å². The van der Waals surface area contributed by atoms with E-state index >= 15 is 0 Å². The zero-order valence-electron chi connectivity index (χ0n) is 9.55. The molecule has 3 N–H and O–H groups in total. The van der Waals surface area contributed by atoms with Gasteiger partial charge in [-0.15, -0.1) is 10.2 Å². The van der Waals surface area contributed by atoms with Crippen molar-refractivity contribution in [2.24, 2.45) is 0 Å². The van der Waals surface area contributed by atoms with Gasteiger partial charge in [-0.1, -0.05) is 5.21 Å². The van der Waals surface area contributed by atoms with E-state index < -0.39 is 16.1 Å². The van der Waals surface area contributed by atoms with Crippen molar-refractivity contribution in [3.8, 4) is 0 Å². The molecule has 0 bridgehead atoms. The zero-order valence-corrected chi connectivity index (χ0v) is 10.4. The third-order valence-electron chi connectivity index (χ3n) is 2.69. The molecule has 0 saturated carbocycles. The lowest BCUT2D eigenvalue weighted by Crippen LogP contribution is -2.37. The number of sulfonamides is 1. The molecule has 0 radical (unpaired) electrons. The van der Waals surface area contributed by atoms with E-state index in [1.807, 2.05) is 0 Å². The highest BCUT2D eigenvalue weighted by Gasteiger charge is 2.24. The number of hydrogen-bond acceptors (Lipinski definition) is 6. The summed E-state index contributed by atoms with van der Waals surface area (Å²) in [5.41, 5.74) is 0. The van der Waals surface area contributed by atoms with Gasteiger partial charge in [-0.2, -0.15) is 5.21 Å². The number of rotatable bonds is 5. The van der Waals surface area contributed by atoms with Crippen LogP contribution in [0.3, 0.4) is 0 Å². The number of H-pyrrole nitrogens is 1. The Hall–Kier alpha value is -1.06. The van der Waals surface area contributed by atoms with E-state index in [4.69, 9.17) is 0 Å². The summed E-state index contributed by atoms with van der Waals surface area (Å²) in [5, 5.41) is 16.3. The van der Waals surface area contributed by atoms with Crippen LogP contribution in [0, 0.1) is 0 Å². The topological polar surface area (TPSA) is 113 Å². The van der Waals surface area contributed by atoms with E-state index in [9.17, 15) is 8.42 Å². The van der Waals surface area contributed by atoms with E-state index in [1.54, 1.807) is 6.92 Å². The Balaban J connectivity index is 1.92. The van der Waals surface area contributed by atoms with Crippen molar-refractivity contribution in [3.63, 3.8) is 0 Å². The smallest absolute Gasteiger partial charge is 0.213 e. The van der Waals surface area contributed by atoms with Gasteiger partial charge in [0, 0.05) is 6.04 Å². The molecule has 1 saturated heterocycles. The van der Waals surface area contributed by atoms with Gasteiger partial charge in [-0.25, -0.2) is 13.1 Å². The average Bonchev–Trinajstić information content (AvgIpc) is 2.85. The third kappa shape index (κ3) is 3.45. The zero-order chi connectivity index (χ0) is 12.3. The van der Waals surface area contributed by atoms with Gasteiger partial charge >= 0.3 is 0 Å². The van der Waals surface area contributed by atoms with Crippen LogP contribution in [-0.4, -0.2) is 47.4 Å². The summed E-state index contributed by atoms with van der Waals surface area (Å²) < 4.78 is 26.2. The van der Waals surface area contributed by atoms with Crippen molar-refractivity contribution in [2.45, 2.75) is 31.8 Å². The van der Waals surface area contributed by atoms with Crippen LogP contribution in [-0.2, 0) is 10.0 Å². The van der Waals surface area contributed by atoms with Crippen molar-refractivity contribution in [1.82, 2.24) is 30.7 Å². The van der Waals surface area contributed by atoms with E-state index in [0.717, 1.165) is 19.4 Å². The first-order valence-electron chi connectivity index (χ1n) is 5.53. The third-order valence-corrected chi connectivity index (χ3v) is 4.24. The van der Waals surface area contributed by atoms with Crippen molar-refractivity contribution < 1.29 is 8.42 Å². The van der Waals surface area contributed by atoms with Crippen LogP contribution in [0.5, 0.6) is 0 Å². The van der Waals surface area contributed by atoms with Crippen LogP contribution in [0.1, 0.15) is 31.6 Å². The lowest BCUT2D eigenvalue weighted by molar-refractivity contribution is 0.545. The van der Waals surface area contributed by atoms with E-state index in [-0.39, 0.29) is 11.8 Å². The summed E-state index contributed by atoms with van der Waals surface area (Å²) in [4.78, 5) is 0. The van der Waals surface area contributed by atoms with Crippen LogP contribution in [0.15, 0.2) is 0 Å². The molecule has 8 nitrogen and oxygen atoms in total. The summed E-state index contributed by atoms with van der Waals surface area (Å²) in [6, 6.07) is -0.426. The molecular formula is C8H16N6O2S. The Kier molecular flexibility index (Phi) is 3.69. The first kappa shape index (κ1) is 12.4. The summed E-state index contributed by atoms with van der Waals surface area (Å²) in [5.74, 6) is 0.433. The molecule has 0 spiro atoms. The maximum atomic E-state index is 11.9. The lowest BCUT2D eigenvalue weighted by atomic mass is 10.3. The number of nitrogens with zero attached hydrogens (tertiary/aromatic N) is 3. The normalized spacial score (nSPS) is 22.8. The molecule has 2 heterocycles. The molecule has 2 rings (SSSR count). The molecule has 1 aliphatic heterocycles. The van der Waals surface area contributed by atoms with E-state index in [1.165, 1.54) is 0 Å². The minimum absolute atomic E-state index is 0.0463. The molecule has 17 heavy (non-hydrogen) atoms. The highest BCUT2D eigenvalue weighted by molar-refractivity contribution is 7.89. The fourth-order valence-corrected chi connectivity index (χ4v) is 3.44. The van der Waals surface area contributed by atoms with Crippen molar-refractivity contribution in [2.75, 3.05) is 12.3 Å². The Labute approximate surface area is 99.6 Å². The summed E-state index contributed by atoms with van der Waals surface area (Å²) in [6.45, 7) is 2.57. The van der Waals surface area contributed by atoms with Crippen LogP contribution in [0.25, 0.3) is 0 Å². The van der Waals surface area contributed by atoms with Gasteiger partial charge in [0.25, 0.3) is 0 Å². The Morgan fingerprint density at radius 2 is 2.41 bits per heavy atom. The van der Waals surface area contributed by atoms with Gasteiger partial charge in [0.2, 0.25) is 10.0 Å². The van der Waals surface area contributed by atoms with Gasteiger partial charge in [0.05, 0.1) is 11.8 Å². The Morgan fingerprint density at radius 3 is 3.00 bits per heavy atom. The number of aromatic amines is 1. The molecule has 9 heteroatoms. The molecule has 0 amide bonds. The molecular weight excluding hydrogens is 244 g/mol. The molecule has 0 aromatic carbocycles. The maximum Gasteiger partial charge on any atom is 0.213 e. The van der Waals surface area contributed by atoms with Gasteiger partial charge in [-0.05, 0) is 26.3 Å². The molecule has 1 aromatic heterocycles. The van der Waals surface area contributed by atoms with E-state index in [2.05, 4.69) is 30.7 Å². The van der Waals surface area contributed by atoms with Crippen LogP contribution in [0.4, 0.5) is 0 Å². The summed E-state index contributed by atoms with van der Waals surface area (Å²) in [6.07, 6.45) is 1.93. The molecule has 2 atom stereocenters. The van der Waals surface area contributed by atoms with Gasteiger partial charge in [0.1, 0.15) is 0 Å². The molecule has 1 aromatic rings. The second-order valence-corrected chi connectivity index (χ2v) is 5.98. The molecule has 1 fully saturated rings. The Morgan fingerprint density at radius 1 is 1.59 bits per heavy atom. The fraction of sp³-hybridized carbons (Fsp3) is 0.875. The van der Waals surface area contributed by atoms with Crippen molar-refractivity contribution in [3.05, 3.63) is 5.82 Å². The number of tetrazole rings is 1. The van der Waals surface area contributed by atoms with Gasteiger partial charge in [-0.3, -0.25) is 0 Å². The minimum Gasteiger partial charge on any atom is -0.313 e. The van der Waals surface area contributed by atoms with Crippen molar-refractivity contribution >= 4 is 10.0 Å². The lowest BCUT2D eigenvalue weighted by Gasteiger charge is -2.14. The number of hydrogen-bond donors (Lipinski definition) is 3. The first-order valence-corrected chi connectivity index (χ1v) is 7.19. The fourth-order valence-electron chi connectivity index (χ4n) is 1.89. The highest BCUT2D eigenvalue weighted by atomic mass is 32.2. The number of nitrogens with one attached hydrogen (secondary N) is 3. The van der Waals surface area contributed by atoms with Gasteiger partial charge in [0.15, 0.2) is 5.82 Å². The van der Waals surface area contributed by atoms with Gasteiger partial charge < -0.3 is 5.32 Å². The molecule has 1 aliphatic rings. The van der Waals surface area contributed by atoms with Crippen molar-refractivity contribution in [1.29, 1.82) is 0 Å². The predicted molar refractivity (Wildman–Crippen MR) is 60.5 cm³/mol. The standard InChI is InChI=1S/C8H16N6O2S/c1-6(8-10-13-14-11-8)12-17(15,16)5-7-3-2-4-9-7/h6-7,9,12H,2-5H2,1H3,(H,10,11,13,14). The van der Waals surface area contributed by atoms with Crippen LogP contribution < -0.4 is 10.0 Å². The minimum atomic E-state index is -3.32. The SMILES string of the molecule is CC(NS(=O)(=O)CC1CCCN1)c1nn[nH]n1. The first-order chi connectivity index (χ1) is 8.07. The molecule has 2 unspecified atom stereocenters. The highest BCUT2D eigenvalue weighted by Crippen LogP contribution is 2.10. The maximum absolute atomic E-state index is 11.9. The monoisotopic (exact) mass is 260 g/mol.